The number of nitro groups is 1. The van der Waals surface area contributed by atoms with Crippen molar-refractivity contribution in [3.05, 3.63) is 118 Å². The predicted octanol–water partition coefficient (Wildman–Crippen LogP) is 4.99. The first-order valence-corrected chi connectivity index (χ1v) is 10.5. The Morgan fingerprint density at radius 2 is 1.24 bits per heavy atom. The van der Waals surface area contributed by atoms with Crippen LogP contribution < -0.4 is 5.32 Å². The minimum Gasteiger partial charge on any atom is -0.481 e. The molecule has 3 aromatic rings. The Labute approximate surface area is 190 Å². The van der Waals surface area contributed by atoms with Crippen molar-refractivity contribution in [2.24, 2.45) is 11.8 Å². The number of carbonyl (C=O) groups is 2. The van der Waals surface area contributed by atoms with Crippen molar-refractivity contribution in [3.8, 4) is 0 Å². The number of aliphatic carboxylic acids is 1. The highest BCUT2D eigenvalue weighted by Crippen LogP contribution is 2.45. The molecule has 0 radical (unpaired) electrons. The summed E-state index contributed by atoms with van der Waals surface area (Å²) in [5, 5.41) is 24.3. The summed E-state index contributed by atoms with van der Waals surface area (Å²) in [6, 6.07) is 24.2. The first-order chi connectivity index (χ1) is 16.0. The number of hydrogen-bond acceptors (Lipinski definition) is 4. The molecule has 2 N–H and O–H groups in total. The third-order valence-corrected chi connectivity index (χ3v) is 6.00. The van der Waals surface area contributed by atoms with Gasteiger partial charge in [-0.25, -0.2) is 0 Å². The topological polar surface area (TPSA) is 110 Å². The lowest BCUT2D eigenvalue weighted by atomic mass is 9.66. The van der Waals surface area contributed by atoms with Crippen LogP contribution in [0.4, 0.5) is 11.4 Å². The van der Waals surface area contributed by atoms with Crippen molar-refractivity contribution >= 4 is 23.3 Å². The smallest absolute Gasteiger partial charge is 0.308 e. The molecule has 4 rings (SSSR count). The van der Waals surface area contributed by atoms with Crippen LogP contribution in [0.15, 0.2) is 97.1 Å². The van der Waals surface area contributed by atoms with Crippen molar-refractivity contribution in [3.63, 3.8) is 0 Å². The van der Waals surface area contributed by atoms with E-state index in [1.807, 2.05) is 72.8 Å². The van der Waals surface area contributed by atoms with Crippen LogP contribution in [0.2, 0.25) is 0 Å². The fourth-order valence-corrected chi connectivity index (χ4v) is 4.50. The number of anilines is 1. The zero-order chi connectivity index (χ0) is 23.4. The lowest BCUT2D eigenvalue weighted by molar-refractivity contribution is -0.383. The summed E-state index contributed by atoms with van der Waals surface area (Å²) in [6.07, 6.45) is 3.72. The summed E-state index contributed by atoms with van der Waals surface area (Å²) in [5.41, 5.74) is 1.37. The minimum absolute atomic E-state index is 0.0364. The van der Waals surface area contributed by atoms with E-state index in [0.29, 0.717) is 0 Å². The molecule has 4 atom stereocenters. The lowest BCUT2D eigenvalue weighted by Gasteiger charge is -2.37. The van der Waals surface area contributed by atoms with Gasteiger partial charge in [-0.2, -0.15) is 0 Å². The molecule has 0 aromatic heterocycles. The Morgan fingerprint density at radius 1 is 0.758 bits per heavy atom. The van der Waals surface area contributed by atoms with Crippen LogP contribution in [0.3, 0.4) is 0 Å². The summed E-state index contributed by atoms with van der Waals surface area (Å²) in [4.78, 5) is 37.0. The molecule has 7 heteroatoms. The van der Waals surface area contributed by atoms with Gasteiger partial charge in [0, 0.05) is 17.9 Å². The monoisotopic (exact) mass is 442 g/mol. The minimum atomic E-state index is -1.10. The van der Waals surface area contributed by atoms with E-state index in [-0.39, 0.29) is 11.4 Å². The van der Waals surface area contributed by atoms with Gasteiger partial charge in [0.25, 0.3) is 5.69 Å². The summed E-state index contributed by atoms with van der Waals surface area (Å²) in [6.45, 7) is 0. The third kappa shape index (κ3) is 4.52. The molecule has 0 bridgehead atoms. The first kappa shape index (κ1) is 22.0. The number of amides is 1. The van der Waals surface area contributed by atoms with Crippen LogP contribution in [0.5, 0.6) is 0 Å². The number of allylic oxidation sites excluding steroid dienone is 2. The van der Waals surface area contributed by atoms with Gasteiger partial charge in [-0.3, -0.25) is 19.7 Å². The normalized spacial score (nSPS) is 21.8. The average Bonchev–Trinajstić information content (AvgIpc) is 2.84. The number of carboxylic acids is 1. The van der Waals surface area contributed by atoms with Gasteiger partial charge in [-0.05, 0) is 17.2 Å². The molecule has 3 aromatic carbocycles. The molecule has 1 aliphatic carbocycles. The maximum atomic E-state index is 13.6. The predicted molar refractivity (Wildman–Crippen MR) is 124 cm³/mol. The van der Waals surface area contributed by atoms with Gasteiger partial charge in [-0.1, -0.05) is 84.9 Å². The van der Waals surface area contributed by atoms with E-state index >= 15 is 0 Å². The molecule has 166 valence electrons. The number of nitro benzene ring substituents is 1. The number of hydrogen-bond donors (Lipinski definition) is 2. The second kappa shape index (κ2) is 9.48. The number of carbonyl (C=O) groups excluding carboxylic acids is 1. The molecular formula is C26H22N2O5. The fraction of sp³-hybridized carbons (Fsp3) is 0.154. The fourth-order valence-electron chi connectivity index (χ4n) is 4.50. The SMILES string of the molecule is O=C(O)[C@H]1[C@H](C(=O)Nc2ccccc2[N+](=O)[O-])[C@H](c2ccccc2)C=C[C@H]1c1ccccc1. The molecule has 0 heterocycles. The highest BCUT2D eigenvalue weighted by atomic mass is 16.6. The van der Waals surface area contributed by atoms with E-state index in [9.17, 15) is 24.8 Å². The van der Waals surface area contributed by atoms with Gasteiger partial charge in [0.05, 0.1) is 16.8 Å². The highest BCUT2D eigenvalue weighted by molar-refractivity contribution is 5.98. The van der Waals surface area contributed by atoms with Crippen molar-refractivity contribution in [2.45, 2.75) is 11.8 Å². The second-order valence-corrected chi connectivity index (χ2v) is 7.91. The Kier molecular flexibility index (Phi) is 6.31. The van der Waals surface area contributed by atoms with Crippen molar-refractivity contribution in [1.82, 2.24) is 0 Å². The molecule has 0 fully saturated rings. The quantitative estimate of drug-likeness (QED) is 0.318. The van der Waals surface area contributed by atoms with Gasteiger partial charge in [0.2, 0.25) is 5.91 Å². The van der Waals surface area contributed by atoms with Crippen LogP contribution in [-0.2, 0) is 9.59 Å². The van der Waals surface area contributed by atoms with E-state index in [1.165, 1.54) is 18.2 Å². The Bertz CT molecular complexity index is 1190. The number of carboxylic acid groups (broad SMARTS) is 1. The maximum absolute atomic E-state index is 13.6. The average molecular weight is 442 g/mol. The molecule has 0 saturated carbocycles. The summed E-state index contributed by atoms with van der Waals surface area (Å²) in [7, 11) is 0. The van der Waals surface area contributed by atoms with E-state index < -0.39 is 40.5 Å². The van der Waals surface area contributed by atoms with Gasteiger partial charge in [0.15, 0.2) is 0 Å². The zero-order valence-corrected chi connectivity index (χ0v) is 17.6. The van der Waals surface area contributed by atoms with E-state index in [0.717, 1.165) is 11.1 Å². The van der Waals surface area contributed by atoms with Gasteiger partial charge >= 0.3 is 5.97 Å². The van der Waals surface area contributed by atoms with Crippen molar-refractivity contribution < 1.29 is 19.6 Å². The number of nitrogens with one attached hydrogen (secondary N) is 1. The van der Waals surface area contributed by atoms with Gasteiger partial charge in [-0.15, -0.1) is 0 Å². The number of benzene rings is 3. The third-order valence-electron chi connectivity index (χ3n) is 6.00. The number of para-hydroxylation sites is 2. The summed E-state index contributed by atoms with van der Waals surface area (Å²) >= 11 is 0. The molecule has 0 saturated heterocycles. The molecule has 0 unspecified atom stereocenters. The van der Waals surface area contributed by atoms with Crippen LogP contribution in [-0.4, -0.2) is 21.9 Å². The first-order valence-electron chi connectivity index (χ1n) is 10.5. The largest absolute Gasteiger partial charge is 0.481 e. The Hall–Kier alpha value is -4.26. The molecule has 7 nitrogen and oxygen atoms in total. The van der Waals surface area contributed by atoms with Gasteiger partial charge < -0.3 is 10.4 Å². The number of rotatable bonds is 6. The Morgan fingerprint density at radius 3 is 1.76 bits per heavy atom. The van der Waals surface area contributed by atoms with Crippen LogP contribution in [0.25, 0.3) is 0 Å². The van der Waals surface area contributed by atoms with Crippen LogP contribution in [0.1, 0.15) is 23.0 Å². The summed E-state index contributed by atoms with van der Waals surface area (Å²) in [5.74, 6) is -4.75. The molecule has 0 spiro atoms. The highest BCUT2D eigenvalue weighted by Gasteiger charge is 2.46. The van der Waals surface area contributed by atoms with Crippen LogP contribution >= 0.6 is 0 Å². The maximum Gasteiger partial charge on any atom is 0.308 e. The molecule has 1 amide bonds. The van der Waals surface area contributed by atoms with Crippen LogP contribution in [0, 0.1) is 22.0 Å². The van der Waals surface area contributed by atoms with E-state index in [1.54, 1.807) is 6.07 Å². The van der Waals surface area contributed by atoms with E-state index in [4.69, 9.17) is 0 Å². The zero-order valence-electron chi connectivity index (χ0n) is 17.6. The molecular weight excluding hydrogens is 420 g/mol. The standard InChI is InChI=1S/C26H22N2O5/c29-25(27-21-13-7-8-14-22(21)28(32)33)23-19(17-9-3-1-4-10-17)15-16-20(24(23)26(30)31)18-11-5-2-6-12-18/h1-16,19-20,23-24H,(H,27,29)(H,30,31)/t19-,20-,23+,24+/m0/s1. The van der Waals surface area contributed by atoms with Crippen molar-refractivity contribution in [2.75, 3.05) is 5.32 Å². The molecule has 1 aliphatic rings. The van der Waals surface area contributed by atoms with Crippen molar-refractivity contribution in [1.29, 1.82) is 0 Å². The molecule has 33 heavy (non-hydrogen) atoms. The van der Waals surface area contributed by atoms with E-state index in [2.05, 4.69) is 5.32 Å². The second-order valence-electron chi connectivity index (χ2n) is 7.91. The molecule has 0 aliphatic heterocycles. The lowest BCUT2D eigenvalue weighted by Crippen LogP contribution is -2.42. The summed E-state index contributed by atoms with van der Waals surface area (Å²) < 4.78 is 0. The number of nitrogens with zero attached hydrogens (tertiary/aromatic N) is 1. The van der Waals surface area contributed by atoms with Gasteiger partial charge in [0.1, 0.15) is 5.69 Å². The Balaban J connectivity index is 1.79.